The Hall–Kier alpha value is -1.26. The average Bonchev–Trinajstić information content (AvgIpc) is 2.25. The largest absolute Gasteiger partial charge is 0.325 e. The lowest BCUT2D eigenvalue weighted by molar-refractivity contribution is -0.121. The molecular weight excluding hydrogens is 232 g/mol. The summed E-state index contributed by atoms with van der Waals surface area (Å²) < 4.78 is 0. The van der Waals surface area contributed by atoms with Gasteiger partial charge in [0, 0.05) is 23.7 Å². The maximum absolute atomic E-state index is 11.8. The van der Waals surface area contributed by atoms with Crippen LogP contribution in [0.5, 0.6) is 0 Å². The Kier molecular flexibility index (Phi) is 4.23. The molecular formula is C13H16N2OS. The average molecular weight is 248 g/mol. The second kappa shape index (κ2) is 5.89. The second-order valence-corrected chi connectivity index (χ2v) is 5.00. The Morgan fingerprint density at radius 2 is 2.29 bits per heavy atom. The molecule has 0 aromatic heterocycles. The predicted molar refractivity (Wildman–Crippen MR) is 72.4 cm³/mol. The van der Waals surface area contributed by atoms with Crippen LogP contribution in [-0.4, -0.2) is 24.7 Å². The Balaban J connectivity index is 2.02. The van der Waals surface area contributed by atoms with Crippen LogP contribution < -0.4 is 10.6 Å². The van der Waals surface area contributed by atoms with Gasteiger partial charge in [0.1, 0.15) is 0 Å². The summed E-state index contributed by atoms with van der Waals surface area (Å²) in [5, 5.41) is 6.08. The van der Waals surface area contributed by atoms with E-state index in [0.717, 1.165) is 29.4 Å². The van der Waals surface area contributed by atoms with E-state index in [9.17, 15) is 4.79 Å². The third-order valence-electron chi connectivity index (χ3n) is 2.65. The fourth-order valence-corrected chi connectivity index (χ4v) is 2.30. The quantitative estimate of drug-likeness (QED) is 0.619. The van der Waals surface area contributed by atoms with Gasteiger partial charge in [0.2, 0.25) is 5.91 Å². The molecule has 4 heteroatoms. The smallest absolute Gasteiger partial charge is 0.230 e. The first kappa shape index (κ1) is 12.2. The van der Waals surface area contributed by atoms with Gasteiger partial charge in [-0.05, 0) is 12.1 Å². The molecule has 0 radical (unpaired) electrons. The molecule has 3 nitrogen and oxygen atoms in total. The number of anilines is 1. The highest BCUT2D eigenvalue weighted by Crippen LogP contribution is 2.27. The van der Waals surface area contributed by atoms with Crippen molar-refractivity contribution in [2.75, 3.05) is 24.2 Å². The van der Waals surface area contributed by atoms with Crippen molar-refractivity contribution in [2.24, 2.45) is 5.92 Å². The molecule has 1 saturated heterocycles. The van der Waals surface area contributed by atoms with Crippen molar-refractivity contribution in [3.05, 3.63) is 36.9 Å². The molecule has 1 aliphatic heterocycles. The molecule has 0 atom stereocenters. The minimum atomic E-state index is 0.107. The van der Waals surface area contributed by atoms with Gasteiger partial charge in [0.15, 0.2) is 0 Å². The third kappa shape index (κ3) is 3.11. The van der Waals surface area contributed by atoms with Gasteiger partial charge in [-0.3, -0.25) is 4.79 Å². The summed E-state index contributed by atoms with van der Waals surface area (Å²) >= 11 is 1.68. The lowest BCUT2D eigenvalue weighted by atomic mass is 10.0. The van der Waals surface area contributed by atoms with Crippen molar-refractivity contribution in [3.8, 4) is 0 Å². The van der Waals surface area contributed by atoms with Crippen molar-refractivity contribution in [1.29, 1.82) is 0 Å². The lowest BCUT2D eigenvalue weighted by Crippen LogP contribution is -2.48. The summed E-state index contributed by atoms with van der Waals surface area (Å²) in [6.07, 6.45) is 1.86. The SMILES string of the molecule is C=CCSc1ccccc1NC(=O)C1CNC1. The molecule has 0 bridgehead atoms. The number of thioether (sulfide) groups is 1. The van der Waals surface area contributed by atoms with Gasteiger partial charge >= 0.3 is 0 Å². The molecule has 0 saturated carbocycles. The zero-order valence-corrected chi connectivity index (χ0v) is 10.4. The summed E-state index contributed by atoms with van der Waals surface area (Å²) in [7, 11) is 0. The van der Waals surface area contributed by atoms with Crippen LogP contribution in [0.3, 0.4) is 0 Å². The van der Waals surface area contributed by atoms with E-state index in [4.69, 9.17) is 0 Å². The number of rotatable bonds is 5. The number of hydrogen-bond acceptors (Lipinski definition) is 3. The van der Waals surface area contributed by atoms with Crippen LogP contribution in [-0.2, 0) is 4.79 Å². The van der Waals surface area contributed by atoms with E-state index in [0.29, 0.717) is 0 Å². The minimum absolute atomic E-state index is 0.107. The normalized spacial score (nSPS) is 15.1. The number of hydrogen-bond donors (Lipinski definition) is 2. The number of amides is 1. The first-order chi connectivity index (χ1) is 8.31. The van der Waals surface area contributed by atoms with Crippen LogP contribution >= 0.6 is 11.8 Å². The number of benzene rings is 1. The maximum atomic E-state index is 11.8. The molecule has 0 aliphatic carbocycles. The van der Waals surface area contributed by atoms with Crippen LogP contribution in [0.15, 0.2) is 41.8 Å². The first-order valence-electron chi connectivity index (χ1n) is 5.65. The zero-order chi connectivity index (χ0) is 12.1. The van der Waals surface area contributed by atoms with Crippen molar-refractivity contribution in [1.82, 2.24) is 5.32 Å². The van der Waals surface area contributed by atoms with E-state index in [1.165, 1.54) is 0 Å². The van der Waals surface area contributed by atoms with Gasteiger partial charge < -0.3 is 10.6 Å². The highest BCUT2D eigenvalue weighted by atomic mass is 32.2. The molecule has 0 unspecified atom stereocenters. The molecule has 2 rings (SSSR count). The molecule has 1 fully saturated rings. The highest BCUT2D eigenvalue weighted by Gasteiger charge is 2.25. The number of para-hydroxylation sites is 1. The molecule has 1 aromatic carbocycles. The minimum Gasteiger partial charge on any atom is -0.325 e. The van der Waals surface area contributed by atoms with Crippen molar-refractivity contribution in [2.45, 2.75) is 4.90 Å². The lowest BCUT2D eigenvalue weighted by Gasteiger charge is -2.26. The predicted octanol–water partition coefficient (Wildman–Crippen LogP) is 2.12. The molecule has 2 N–H and O–H groups in total. The standard InChI is InChI=1S/C13H16N2OS/c1-2-7-17-12-6-4-3-5-11(12)15-13(16)10-8-14-9-10/h2-6,10,14H,1,7-9H2,(H,15,16). The van der Waals surface area contributed by atoms with Crippen LogP contribution in [0, 0.1) is 5.92 Å². The summed E-state index contributed by atoms with van der Waals surface area (Å²) in [6.45, 7) is 5.27. The fourth-order valence-electron chi connectivity index (χ4n) is 1.55. The van der Waals surface area contributed by atoms with Crippen molar-refractivity contribution in [3.63, 3.8) is 0 Å². The Morgan fingerprint density at radius 3 is 2.94 bits per heavy atom. The Labute approximate surface area is 106 Å². The van der Waals surface area contributed by atoms with Gasteiger partial charge in [-0.15, -0.1) is 18.3 Å². The summed E-state index contributed by atoms with van der Waals surface area (Å²) in [5.41, 5.74) is 0.899. The van der Waals surface area contributed by atoms with Crippen LogP contribution in [0.25, 0.3) is 0 Å². The molecule has 1 heterocycles. The molecule has 1 aromatic rings. The van der Waals surface area contributed by atoms with Gasteiger partial charge in [0.05, 0.1) is 11.6 Å². The highest BCUT2D eigenvalue weighted by molar-refractivity contribution is 7.99. The summed E-state index contributed by atoms with van der Waals surface area (Å²) in [5.74, 6) is 1.07. The fraction of sp³-hybridized carbons (Fsp3) is 0.308. The van der Waals surface area contributed by atoms with Crippen LogP contribution in [0.1, 0.15) is 0 Å². The van der Waals surface area contributed by atoms with Crippen molar-refractivity contribution < 1.29 is 4.79 Å². The monoisotopic (exact) mass is 248 g/mol. The summed E-state index contributed by atoms with van der Waals surface area (Å²) in [6, 6.07) is 7.87. The topological polar surface area (TPSA) is 41.1 Å². The number of carbonyl (C=O) groups excluding carboxylic acids is 1. The van der Waals surface area contributed by atoms with E-state index in [2.05, 4.69) is 17.2 Å². The number of carbonyl (C=O) groups is 1. The van der Waals surface area contributed by atoms with Crippen LogP contribution in [0.4, 0.5) is 5.69 Å². The zero-order valence-electron chi connectivity index (χ0n) is 9.61. The molecule has 1 aliphatic rings. The van der Waals surface area contributed by atoms with Crippen LogP contribution in [0.2, 0.25) is 0 Å². The molecule has 1 amide bonds. The third-order valence-corrected chi connectivity index (χ3v) is 3.72. The van der Waals surface area contributed by atoms with Gasteiger partial charge in [-0.25, -0.2) is 0 Å². The molecule has 0 spiro atoms. The van der Waals surface area contributed by atoms with Crippen molar-refractivity contribution >= 4 is 23.4 Å². The van der Waals surface area contributed by atoms with E-state index in [-0.39, 0.29) is 11.8 Å². The van der Waals surface area contributed by atoms with Gasteiger partial charge in [-0.2, -0.15) is 0 Å². The number of nitrogens with one attached hydrogen (secondary N) is 2. The molecule has 17 heavy (non-hydrogen) atoms. The van der Waals surface area contributed by atoms with E-state index in [1.807, 2.05) is 30.3 Å². The first-order valence-corrected chi connectivity index (χ1v) is 6.64. The van der Waals surface area contributed by atoms with Gasteiger partial charge in [-0.1, -0.05) is 18.2 Å². The Bertz CT molecular complexity index is 416. The molecule has 90 valence electrons. The summed E-state index contributed by atoms with van der Waals surface area (Å²) in [4.78, 5) is 12.9. The maximum Gasteiger partial charge on any atom is 0.230 e. The Morgan fingerprint density at radius 1 is 1.53 bits per heavy atom. The van der Waals surface area contributed by atoms with Gasteiger partial charge in [0.25, 0.3) is 0 Å². The van der Waals surface area contributed by atoms with E-state index >= 15 is 0 Å². The second-order valence-electron chi connectivity index (χ2n) is 3.94. The van der Waals surface area contributed by atoms with E-state index < -0.39 is 0 Å². The van der Waals surface area contributed by atoms with E-state index in [1.54, 1.807) is 11.8 Å².